The van der Waals surface area contributed by atoms with Gasteiger partial charge in [0.1, 0.15) is 4.88 Å². The summed E-state index contributed by atoms with van der Waals surface area (Å²) >= 11 is 4.68. The molecule has 0 radical (unpaired) electrons. The van der Waals surface area contributed by atoms with Gasteiger partial charge in [0.2, 0.25) is 0 Å². The molecule has 1 amide bonds. The molecule has 0 aliphatic rings. The normalized spacial score (nSPS) is 11.8. The Hall–Kier alpha value is -1.86. The van der Waals surface area contributed by atoms with Gasteiger partial charge in [-0.05, 0) is 28.4 Å². The van der Waals surface area contributed by atoms with Crippen LogP contribution in [0.3, 0.4) is 0 Å². The van der Waals surface area contributed by atoms with Crippen LogP contribution in [-0.4, -0.2) is 30.6 Å². The maximum absolute atomic E-state index is 12.4. The van der Waals surface area contributed by atoms with Gasteiger partial charge in [-0.1, -0.05) is 30.3 Å². The molecule has 0 aliphatic carbocycles. The Morgan fingerprint density at radius 2 is 2.00 bits per heavy atom. The van der Waals surface area contributed by atoms with Crippen molar-refractivity contribution in [2.75, 3.05) is 13.7 Å². The van der Waals surface area contributed by atoms with Crippen molar-refractivity contribution in [2.24, 2.45) is 0 Å². The third-order valence-corrected chi connectivity index (χ3v) is 5.65. The van der Waals surface area contributed by atoms with Crippen molar-refractivity contribution in [3.63, 3.8) is 0 Å². The lowest BCUT2D eigenvalue weighted by atomic mass is 9.99. The fraction of sp³-hybridized carbons (Fsp3) is 0.250. The minimum absolute atomic E-state index is 0.00982. The summed E-state index contributed by atoms with van der Waals surface area (Å²) in [5.74, 6) is -1.65. The molecule has 1 heterocycles. The molecule has 0 bridgehead atoms. The number of ether oxygens (including phenoxy) is 1. The average molecular weight is 398 g/mol. The predicted octanol–water partition coefficient (Wildman–Crippen LogP) is 3.43. The Morgan fingerprint density at radius 1 is 1.35 bits per heavy atom. The lowest BCUT2D eigenvalue weighted by Gasteiger charge is -2.13. The third kappa shape index (κ3) is 3.92. The first-order valence-corrected chi connectivity index (χ1v) is 8.45. The van der Waals surface area contributed by atoms with Crippen LogP contribution in [0.25, 0.3) is 0 Å². The van der Waals surface area contributed by atoms with E-state index < -0.39 is 11.9 Å². The summed E-state index contributed by atoms with van der Waals surface area (Å²) in [6, 6.07) is 8.83. The third-order valence-electron chi connectivity index (χ3n) is 3.35. The molecule has 2 N–H and O–H groups in total. The van der Waals surface area contributed by atoms with Crippen molar-refractivity contribution in [1.82, 2.24) is 5.32 Å². The monoisotopic (exact) mass is 397 g/mol. The van der Waals surface area contributed by atoms with Crippen molar-refractivity contribution >= 4 is 39.1 Å². The SMILES string of the molecule is COc1c(C(=O)NCC(C(=O)O)c2ccccc2)sc(C)c1Br. The molecule has 2 rings (SSSR count). The number of nitrogens with one attached hydrogen (secondary N) is 1. The van der Waals surface area contributed by atoms with Gasteiger partial charge in [0, 0.05) is 11.4 Å². The summed E-state index contributed by atoms with van der Waals surface area (Å²) in [7, 11) is 1.49. The molecule has 2 aromatic rings. The van der Waals surface area contributed by atoms with Gasteiger partial charge in [-0.25, -0.2) is 0 Å². The maximum atomic E-state index is 12.4. The molecule has 7 heteroatoms. The molecule has 1 unspecified atom stereocenters. The Balaban J connectivity index is 2.14. The fourth-order valence-corrected chi connectivity index (χ4v) is 3.81. The van der Waals surface area contributed by atoms with Crippen molar-refractivity contribution in [1.29, 1.82) is 0 Å². The Bertz CT molecular complexity index is 714. The first-order valence-electron chi connectivity index (χ1n) is 6.84. The first kappa shape index (κ1) is 17.5. The number of carbonyl (C=O) groups excluding carboxylic acids is 1. The number of thiophene rings is 1. The first-order chi connectivity index (χ1) is 11.0. The van der Waals surface area contributed by atoms with Crippen molar-refractivity contribution in [3.8, 4) is 5.75 Å². The van der Waals surface area contributed by atoms with Crippen molar-refractivity contribution in [3.05, 3.63) is 50.1 Å². The summed E-state index contributed by atoms with van der Waals surface area (Å²) in [5, 5.41) is 12.1. The topological polar surface area (TPSA) is 75.6 Å². The molecular formula is C16H16BrNO4S. The molecule has 1 atom stereocenters. The molecule has 122 valence electrons. The van der Waals surface area contributed by atoms with E-state index in [1.54, 1.807) is 24.3 Å². The van der Waals surface area contributed by atoms with Gasteiger partial charge in [-0.3, -0.25) is 9.59 Å². The van der Waals surface area contributed by atoms with Crippen molar-refractivity contribution < 1.29 is 19.4 Å². The molecule has 0 fully saturated rings. The summed E-state index contributed by atoms with van der Waals surface area (Å²) in [6.07, 6.45) is 0. The number of hydrogen-bond donors (Lipinski definition) is 2. The minimum atomic E-state index is -0.980. The van der Waals surface area contributed by atoms with E-state index >= 15 is 0 Å². The summed E-state index contributed by atoms with van der Waals surface area (Å²) in [4.78, 5) is 25.1. The summed E-state index contributed by atoms with van der Waals surface area (Å²) in [5.41, 5.74) is 0.649. The molecular weight excluding hydrogens is 382 g/mol. The zero-order chi connectivity index (χ0) is 17.0. The number of carbonyl (C=O) groups is 2. The van der Waals surface area contributed by atoms with Gasteiger partial charge in [-0.2, -0.15) is 0 Å². The fourth-order valence-electron chi connectivity index (χ4n) is 2.14. The molecule has 1 aromatic carbocycles. The Morgan fingerprint density at radius 3 is 2.57 bits per heavy atom. The van der Waals surface area contributed by atoms with Crippen LogP contribution in [-0.2, 0) is 4.79 Å². The number of halogens is 1. The molecule has 23 heavy (non-hydrogen) atoms. The van der Waals surface area contributed by atoms with Crippen molar-refractivity contribution in [2.45, 2.75) is 12.8 Å². The second kappa shape index (κ2) is 7.61. The molecule has 0 saturated carbocycles. The van der Waals surface area contributed by atoms with Crippen LogP contribution >= 0.6 is 27.3 Å². The second-order valence-corrected chi connectivity index (χ2v) is 6.86. The highest BCUT2D eigenvalue weighted by Gasteiger charge is 2.24. The highest BCUT2D eigenvalue weighted by atomic mass is 79.9. The van der Waals surface area contributed by atoms with E-state index in [2.05, 4.69) is 21.2 Å². The molecule has 0 aliphatic heterocycles. The van der Waals surface area contributed by atoms with E-state index in [1.807, 2.05) is 13.0 Å². The number of amides is 1. The number of rotatable bonds is 6. The van der Waals surface area contributed by atoms with Crippen LogP contribution in [0, 0.1) is 6.92 Å². The number of aliphatic carboxylic acids is 1. The van der Waals surface area contributed by atoms with Gasteiger partial charge in [0.05, 0.1) is 17.5 Å². The smallest absolute Gasteiger partial charge is 0.312 e. The molecule has 0 saturated heterocycles. The van der Waals surface area contributed by atoms with Crippen LogP contribution < -0.4 is 10.1 Å². The van der Waals surface area contributed by atoms with Gasteiger partial charge in [0.15, 0.2) is 5.75 Å². The average Bonchev–Trinajstić information content (AvgIpc) is 2.83. The van der Waals surface area contributed by atoms with E-state index in [0.717, 1.165) is 9.35 Å². The van der Waals surface area contributed by atoms with E-state index in [-0.39, 0.29) is 12.5 Å². The van der Waals surface area contributed by atoms with Crippen LogP contribution in [0.15, 0.2) is 34.8 Å². The Labute approximate surface area is 146 Å². The second-order valence-electron chi connectivity index (χ2n) is 4.85. The molecule has 0 spiro atoms. The number of hydrogen-bond acceptors (Lipinski definition) is 4. The lowest BCUT2D eigenvalue weighted by Crippen LogP contribution is -2.31. The number of aryl methyl sites for hydroxylation is 1. The van der Waals surface area contributed by atoms with Gasteiger partial charge >= 0.3 is 5.97 Å². The molecule has 1 aromatic heterocycles. The number of methoxy groups -OCH3 is 1. The van der Waals surface area contributed by atoms with Crippen LogP contribution in [0.1, 0.15) is 26.0 Å². The van der Waals surface area contributed by atoms with Crippen LogP contribution in [0.5, 0.6) is 5.75 Å². The number of carboxylic acids is 1. The maximum Gasteiger partial charge on any atom is 0.312 e. The summed E-state index contributed by atoms with van der Waals surface area (Å²) < 4.78 is 5.99. The highest BCUT2D eigenvalue weighted by Crippen LogP contribution is 2.39. The van der Waals surface area contributed by atoms with Gasteiger partial charge in [-0.15, -0.1) is 11.3 Å². The number of benzene rings is 1. The largest absolute Gasteiger partial charge is 0.494 e. The molecule has 5 nitrogen and oxygen atoms in total. The Kier molecular flexibility index (Phi) is 5.79. The standard InChI is InChI=1S/C16H16BrNO4S/c1-9-12(17)13(22-2)14(23-9)15(19)18-8-11(16(20)21)10-6-4-3-5-7-10/h3-7,11H,8H2,1-2H3,(H,18,19)(H,20,21). The van der Waals surface area contributed by atoms with Crippen LogP contribution in [0.4, 0.5) is 0 Å². The number of carboxylic acid groups (broad SMARTS) is 1. The zero-order valence-corrected chi connectivity index (χ0v) is 15.0. The highest BCUT2D eigenvalue weighted by molar-refractivity contribution is 9.10. The predicted molar refractivity (Wildman–Crippen MR) is 92.5 cm³/mol. The van der Waals surface area contributed by atoms with Crippen LogP contribution in [0.2, 0.25) is 0 Å². The van der Waals surface area contributed by atoms with E-state index in [9.17, 15) is 14.7 Å². The van der Waals surface area contributed by atoms with Gasteiger partial charge in [0.25, 0.3) is 5.91 Å². The lowest BCUT2D eigenvalue weighted by molar-refractivity contribution is -0.138. The summed E-state index contributed by atoms with van der Waals surface area (Å²) in [6.45, 7) is 1.88. The van der Waals surface area contributed by atoms with E-state index in [4.69, 9.17) is 4.74 Å². The zero-order valence-electron chi connectivity index (χ0n) is 12.6. The van der Waals surface area contributed by atoms with E-state index in [1.165, 1.54) is 18.4 Å². The van der Waals surface area contributed by atoms with E-state index in [0.29, 0.717) is 16.2 Å². The minimum Gasteiger partial charge on any atom is -0.494 e. The van der Waals surface area contributed by atoms with Gasteiger partial charge < -0.3 is 15.2 Å². The quantitative estimate of drug-likeness (QED) is 0.782.